The van der Waals surface area contributed by atoms with Crippen LogP contribution in [0.5, 0.6) is 0 Å². The smallest absolute Gasteiger partial charge is 0.260 e. The molecule has 1 amide bonds. The number of rotatable bonds is 4. The van der Waals surface area contributed by atoms with Crippen LogP contribution in [-0.2, 0) is 6.42 Å². The van der Waals surface area contributed by atoms with Crippen molar-refractivity contribution in [2.45, 2.75) is 19.4 Å². The largest absolute Gasteiger partial charge is 0.366 e. The van der Waals surface area contributed by atoms with E-state index in [4.69, 9.17) is 5.73 Å². The number of nitrogen functional groups attached to an aromatic ring is 1. The van der Waals surface area contributed by atoms with Crippen LogP contribution >= 0.6 is 0 Å². The Kier molecular flexibility index (Phi) is 4.80. The number of aromatic nitrogens is 6. The van der Waals surface area contributed by atoms with Gasteiger partial charge in [0.2, 0.25) is 5.95 Å². The highest BCUT2D eigenvalue weighted by molar-refractivity contribution is 6.08. The van der Waals surface area contributed by atoms with Gasteiger partial charge in [-0.15, -0.1) is 5.10 Å². The minimum atomic E-state index is -0.279. The number of fused-ring (bicyclic) bond motifs is 2. The lowest BCUT2D eigenvalue weighted by molar-refractivity contribution is 0.0980. The Balaban J connectivity index is 1.29. The van der Waals surface area contributed by atoms with Gasteiger partial charge in [0.25, 0.3) is 5.91 Å². The maximum absolute atomic E-state index is 13.5. The Morgan fingerprint density at radius 1 is 1.09 bits per heavy atom. The van der Waals surface area contributed by atoms with E-state index >= 15 is 0 Å². The van der Waals surface area contributed by atoms with Crippen molar-refractivity contribution in [1.82, 2.24) is 29.4 Å². The van der Waals surface area contributed by atoms with Crippen LogP contribution in [0.4, 0.5) is 16.0 Å². The van der Waals surface area contributed by atoms with E-state index in [1.165, 1.54) is 12.1 Å². The zero-order valence-electron chi connectivity index (χ0n) is 18.8. The molecule has 5 heterocycles. The average Bonchev–Trinajstić information content (AvgIpc) is 3.50. The first-order chi connectivity index (χ1) is 17.0. The highest BCUT2D eigenvalue weighted by atomic mass is 19.1. The molecule has 10 heteroatoms. The predicted octanol–water partition coefficient (Wildman–Crippen LogP) is 3.52. The molecule has 1 aliphatic rings. The molecule has 0 saturated carbocycles. The quantitative estimate of drug-likeness (QED) is 0.433. The van der Waals surface area contributed by atoms with Gasteiger partial charge in [-0.05, 0) is 48.4 Å². The maximum Gasteiger partial charge on any atom is 0.260 e. The molecule has 1 aliphatic heterocycles. The van der Waals surface area contributed by atoms with Gasteiger partial charge in [-0.3, -0.25) is 14.5 Å². The Morgan fingerprint density at radius 2 is 1.91 bits per heavy atom. The van der Waals surface area contributed by atoms with Crippen LogP contribution < -0.4 is 10.6 Å². The second kappa shape index (κ2) is 8.01. The number of hydrogen-bond acceptors (Lipinski definition) is 6. The number of hydrogen-bond donors (Lipinski definition) is 1. The molecule has 0 fully saturated rings. The number of carbonyl (C=O) groups excluding carboxylic acids is 1. The van der Waals surface area contributed by atoms with Crippen molar-refractivity contribution >= 4 is 23.2 Å². The number of amides is 1. The van der Waals surface area contributed by atoms with E-state index in [0.29, 0.717) is 29.9 Å². The van der Waals surface area contributed by atoms with E-state index < -0.39 is 0 Å². The standard InChI is InChI=1S/C25H21FN8O/c1-15(16-2-4-19(26)5-3-16)34-14-20(13-29-34)32-8-7-22-21(24(32)35)10-18(12-28-22)17-6-9-33-23(11-17)30-25(27)31-33/h2-6,9-15H,7-8H2,1H3,(H2,27,31)/t15-/m1/s1. The molecule has 4 aromatic heterocycles. The number of benzene rings is 1. The molecule has 35 heavy (non-hydrogen) atoms. The van der Waals surface area contributed by atoms with Gasteiger partial charge >= 0.3 is 0 Å². The summed E-state index contributed by atoms with van der Waals surface area (Å²) in [6, 6.07) is 11.8. The first kappa shape index (κ1) is 21.0. The molecule has 9 nitrogen and oxygen atoms in total. The first-order valence-electron chi connectivity index (χ1n) is 11.2. The summed E-state index contributed by atoms with van der Waals surface area (Å²) in [5.74, 6) is -0.202. The van der Waals surface area contributed by atoms with Crippen LogP contribution in [-0.4, -0.2) is 41.8 Å². The van der Waals surface area contributed by atoms with Crippen LogP contribution in [0.25, 0.3) is 16.8 Å². The summed E-state index contributed by atoms with van der Waals surface area (Å²) in [6.45, 7) is 2.49. The number of nitrogens with zero attached hydrogens (tertiary/aromatic N) is 7. The number of anilines is 2. The van der Waals surface area contributed by atoms with Crippen molar-refractivity contribution in [3.8, 4) is 11.1 Å². The van der Waals surface area contributed by atoms with Crippen molar-refractivity contribution in [1.29, 1.82) is 0 Å². The van der Waals surface area contributed by atoms with Gasteiger partial charge in [-0.2, -0.15) is 10.1 Å². The van der Waals surface area contributed by atoms with Crippen molar-refractivity contribution in [3.63, 3.8) is 0 Å². The van der Waals surface area contributed by atoms with E-state index in [1.807, 2.05) is 31.3 Å². The minimum Gasteiger partial charge on any atom is -0.366 e. The monoisotopic (exact) mass is 468 g/mol. The molecule has 0 spiro atoms. The van der Waals surface area contributed by atoms with Crippen LogP contribution in [0, 0.1) is 5.82 Å². The molecule has 5 aromatic rings. The highest BCUT2D eigenvalue weighted by Crippen LogP contribution is 2.29. The van der Waals surface area contributed by atoms with Gasteiger partial charge in [-0.25, -0.2) is 8.91 Å². The fraction of sp³-hybridized carbons (Fsp3) is 0.160. The molecule has 1 atom stereocenters. The molecule has 0 aliphatic carbocycles. The molecular formula is C25H21FN8O. The number of pyridine rings is 2. The summed E-state index contributed by atoms with van der Waals surface area (Å²) in [6.07, 6.45) is 7.72. The third-order valence-electron chi connectivity index (χ3n) is 6.35. The van der Waals surface area contributed by atoms with Crippen LogP contribution in [0.15, 0.2) is 67.3 Å². The topological polar surface area (TPSA) is 107 Å². The summed E-state index contributed by atoms with van der Waals surface area (Å²) in [4.78, 5) is 24.0. The SMILES string of the molecule is C[C@H](c1ccc(F)cc1)n1cc(N2CCc3ncc(-c4ccn5nc(N)nc5c4)cc3C2=O)cn1. The number of halogens is 1. The normalized spacial score (nSPS) is 14.3. The zero-order chi connectivity index (χ0) is 24.1. The zero-order valence-corrected chi connectivity index (χ0v) is 18.8. The van der Waals surface area contributed by atoms with Gasteiger partial charge in [0.05, 0.1) is 29.2 Å². The van der Waals surface area contributed by atoms with Crippen LogP contribution in [0.3, 0.4) is 0 Å². The Morgan fingerprint density at radius 3 is 2.74 bits per heavy atom. The Hall–Kier alpha value is -4.60. The summed E-state index contributed by atoms with van der Waals surface area (Å²) in [7, 11) is 0. The third kappa shape index (κ3) is 3.68. The summed E-state index contributed by atoms with van der Waals surface area (Å²) >= 11 is 0. The fourth-order valence-electron chi connectivity index (χ4n) is 4.40. The van der Waals surface area contributed by atoms with Crippen LogP contribution in [0.1, 0.15) is 34.6 Å². The molecule has 2 N–H and O–H groups in total. The van der Waals surface area contributed by atoms with Crippen molar-refractivity contribution < 1.29 is 9.18 Å². The van der Waals surface area contributed by atoms with Gasteiger partial charge in [0, 0.05) is 37.1 Å². The summed E-state index contributed by atoms with van der Waals surface area (Å²) < 4.78 is 16.7. The predicted molar refractivity (Wildman–Crippen MR) is 128 cm³/mol. The molecular weight excluding hydrogens is 447 g/mol. The Bertz CT molecular complexity index is 1570. The molecule has 0 saturated heterocycles. The second-order valence-corrected chi connectivity index (χ2v) is 8.52. The molecule has 6 rings (SSSR count). The number of carbonyl (C=O) groups is 1. The highest BCUT2D eigenvalue weighted by Gasteiger charge is 2.28. The van der Waals surface area contributed by atoms with Gasteiger partial charge in [0.1, 0.15) is 5.82 Å². The van der Waals surface area contributed by atoms with Gasteiger partial charge in [-0.1, -0.05) is 12.1 Å². The fourth-order valence-corrected chi connectivity index (χ4v) is 4.40. The lowest BCUT2D eigenvalue weighted by Gasteiger charge is -2.27. The van der Waals surface area contributed by atoms with E-state index in [-0.39, 0.29) is 23.7 Å². The van der Waals surface area contributed by atoms with E-state index in [1.54, 1.807) is 44.8 Å². The average molecular weight is 468 g/mol. The van der Waals surface area contributed by atoms with E-state index in [9.17, 15) is 9.18 Å². The number of nitrogens with two attached hydrogens (primary N) is 1. The summed E-state index contributed by atoms with van der Waals surface area (Å²) in [5, 5.41) is 8.56. The molecule has 0 radical (unpaired) electrons. The lowest BCUT2D eigenvalue weighted by atomic mass is 10.00. The van der Waals surface area contributed by atoms with Gasteiger partial charge < -0.3 is 10.6 Å². The summed E-state index contributed by atoms with van der Waals surface area (Å²) in [5.41, 5.74) is 11.0. The Labute approximate surface area is 199 Å². The van der Waals surface area contributed by atoms with E-state index in [2.05, 4.69) is 20.2 Å². The van der Waals surface area contributed by atoms with E-state index in [0.717, 1.165) is 22.4 Å². The third-order valence-corrected chi connectivity index (χ3v) is 6.35. The van der Waals surface area contributed by atoms with Crippen molar-refractivity contribution in [2.24, 2.45) is 0 Å². The van der Waals surface area contributed by atoms with Crippen LogP contribution in [0.2, 0.25) is 0 Å². The molecule has 0 bridgehead atoms. The first-order valence-corrected chi connectivity index (χ1v) is 11.2. The second-order valence-electron chi connectivity index (χ2n) is 8.52. The van der Waals surface area contributed by atoms with Gasteiger partial charge in [0.15, 0.2) is 5.65 Å². The molecule has 0 unspecified atom stereocenters. The lowest BCUT2D eigenvalue weighted by Crippen LogP contribution is -2.38. The minimum absolute atomic E-state index is 0.106. The molecule has 174 valence electrons. The maximum atomic E-state index is 13.5. The van der Waals surface area contributed by atoms with Crippen molar-refractivity contribution in [3.05, 3.63) is 89.9 Å². The molecule has 1 aromatic carbocycles. The van der Waals surface area contributed by atoms with Crippen molar-refractivity contribution in [2.75, 3.05) is 17.2 Å².